The van der Waals surface area contributed by atoms with Crippen LogP contribution in [0.1, 0.15) is 0 Å². The molecule has 0 amide bonds. The molecule has 4 heavy (non-hydrogen) atoms. The molecule has 0 atom stereocenters. The minimum atomic E-state index is 0. The van der Waals surface area contributed by atoms with Gasteiger partial charge in [0.1, 0.15) is 0 Å². The fourth-order valence-electron chi connectivity index (χ4n) is 0. The third-order valence-corrected chi connectivity index (χ3v) is 0. The fourth-order valence-corrected chi connectivity index (χ4v) is 0. The van der Waals surface area contributed by atoms with Gasteiger partial charge in [-0.3, -0.25) is 6.58 Å². The molecule has 0 aromatic rings. The van der Waals surface area contributed by atoms with Crippen LogP contribution in [0.2, 0.25) is 0 Å². The van der Waals surface area contributed by atoms with Crippen molar-refractivity contribution in [2.45, 2.75) is 0 Å². The van der Waals surface area contributed by atoms with Gasteiger partial charge >= 0.3 is 0 Å². The fraction of sp³-hybridized carbons (Fsp3) is 0. The first-order valence-corrected chi connectivity index (χ1v) is 0.408. The Morgan fingerprint density at radius 3 is 1.25 bits per heavy atom. The molecule has 0 aliphatic rings. The van der Waals surface area contributed by atoms with Crippen molar-refractivity contribution < 1.29 is 31.9 Å². The van der Waals surface area contributed by atoms with Gasteiger partial charge in [-0.05, 0) is 0 Å². The van der Waals surface area contributed by atoms with Gasteiger partial charge in [0.05, 0.1) is 0 Å². The summed E-state index contributed by atoms with van der Waals surface area (Å²) < 4.78 is 0. The van der Waals surface area contributed by atoms with Gasteiger partial charge in [-0.25, -0.2) is 0 Å². The molecule has 0 unspecified atom stereocenters. The van der Waals surface area contributed by atoms with Crippen molar-refractivity contribution in [3.05, 3.63) is 13.2 Å². The molecule has 2 heteroatoms. The molecule has 0 saturated heterocycles. The van der Waals surface area contributed by atoms with Gasteiger partial charge < -0.3 is 19.0 Å². The van der Waals surface area contributed by atoms with E-state index in [1.165, 1.54) is 0 Å². The predicted octanol–water partition coefficient (Wildman–Crippen LogP) is -2.39. The first-order valence-electron chi connectivity index (χ1n) is 0.408. The summed E-state index contributed by atoms with van der Waals surface area (Å²) in [5.74, 6) is 0. The summed E-state index contributed by atoms with van der Waals surface area (Å²) >= 11 is 0. The third-order valence-electron chi connectivity index (χ3n) is 0. The molecule has 0 radical (unpaired) electrons. The first kappa shape index (κ1) is 22.7. The monoisotopic (exact) mass is 126 g/mol. The summed E-state index contributed by atoms with van der Waals surface area (Å²) in [5, 5.41) is 0. The van der Waals surface area contributed by atoms with Crippen LogP contribution in [0.3, 0.4) is 0 Å². The molecule has 0 aromatic heterocycles. The Hall–Kier alpha value is 0.653. The summed E-state index contributed by atoms with van der Waals surface area (Å²) in [5.41, 5.74) is 0. The van der Waals surface area contributed by atoms with Gasteiger partial charge in [0, 0.05) is 19.5 Å². The largest absolute Gasteiger partial charge is 1.00 e. The summed E-state index contributed by atoms with van der Waals surface area (Å²) in [6.07, 6.45) is 0. The van der Waals surface area contributed by atoms with E-state index < -0.39 is 0 Å². The standard InChI is InChI=1S/C2H3.ClH.Zn/c1-2;;/h1H,2H2;1H;/q-1;;/p-1. The smallest absolute Gasteiger partial charge is 0 e. The predicted molar refractivity (Wildman–Crippen MR) is 9.93 cm³/mol. The van der Waals surface area contributed by atoms with Gasteiger partial charge in [-0.1, -0.05) is 0 Å². The van der Waals surface area contributed by atoms with Crippen LogP contribution in [-0.2, 0) is 19.5 Å². The summed E-state index contributed by atoms with van der Waals surface area (Å²) in [7, 11) is 0. The topological polar surface area (TPSA) is 0 Å². The Labute approximate surface area is 45.5 Å². The van der Waals surface area contributed by atoms with E-state index in [1.807, 2.05) is 0 Å². The molecular formula is C2H3ClZn-2. The quantitative estimate of drug-likeness (QED) is 0.252. The van der Waals surface area contributed by atoms with Crippen LogP contribution in [0, 0.1) is 6.58 Å². The number of hydrogen-bond acceptors (Lipinski definition) is 0. The molecule has 0 fully saturated rings. The minimum Gasteiger partial charge on any atom is -1.00 e. The van der Waals surface area contributed by atoms with E-state index in [0.717, 1.165) is 0 Å². The zero-order valence-corrected chi connectivity index (χ0v) is 6.09. The van der Waals surface area contributed by atoms with Crippen LogP contribution in [0.25, 0.3) is 0 Å². The molecule has 22 valence electrons. The molecule has 0 aromatic carbocycles. The molecule has 0 rings (SSSR count). The average Bonchev–Trinajstić information content (AvgIpc) is 1.00. The maximum atomic E-state index is 4.25. The maximum Gasteiger partial charge on any atom is 0 e. The SMILES string of the molecule is [CH-]=C.[Cl-].[Zn]. The van der Waals surface area contributed by atoms with Crippen LogP contribution in [0.5, 0.6) is 0 Å². The van der Waals surface area contributed by atoms with Gasteiger partial charge in [-0.2, -0.15) is 0 Å². The summed E-state index contributed by atoms with van der Waals surface area (Å²) in [4.78, 5) is 0. The zero-order chi connectivity index (χ0) is 2.00. The second-order valence-corrected chi connectivity index (χ2v) is 0. The Bertz CT molecular complexity index is 6.00. The van der Waals surface area contributed by atoms with Crippen molar-refractivity contribution in [3.8, 4) is 0 Å². The van der Waals surface area contributed by atoms with E-state index in [-0.39, 0.29) is 31.9 Å². The van der Waals surface area contributed by atoms with Gasteiger partial charge in [0.15, 0.2) is 0 Å². The molecule has 0 aliphatic heterocycles. The second-order valence-electron chi connectivity index (χ2n) is 0. The summed E-state index contributed by atoms with van der Waals surface area (Å²) in [6, 6.07) is 0. The van der Waals surface area contributed by atoms with E-state index in [4.69, 9.17) is 0 Å². The molecule has 0 aliphatic carbocycles. The van der Waals surface area contributed by atoms with Gasteiger partial charge in [0.2, 0.25) is 0 Å². The number of rotatable bonds is 0. The van der Waals surface area contributed by atoms with Crippen LogP contribution in [-0.4, -0.2) is 0 Å². The van der Waals surface area contributed by atoms with Crippen LogP contribution in [0.15, 0.2) is 6.58 Å². The third kappa shape index (κ3) is 17.0. The van der Waals surface area contributed by atoms with E-state index in [1.54, 1.807) is 0 Å². The van der Waals surface area contributed by atoms with Crippen LogP contribution in [0.4, 0.5) is 0 Å². The molecular weight excluding hydrogens is 125 g/mol. The molecule has 0 nitrogen and oxygen atoms in total. The van der Waals surface area contributed by atoms with Crippen molar-refractivity contribution in [1.29, 1.82) is 0 Å². The van der Waals surface area contributed by atoms with Gasteiger partial charge in [-0.15, -0.1) is 0 Å². The number of halogens is 1. The molecule has 0 saturated carbocycles. The molecule has 0 spiro atoms. The van der Waals surface area contributed by atoms with Crippen molar-refractivity contribution in [2.75, 3.05) is 0 Å². The van der Waals surface area contributed by atoms with Crippen LogP contribution < -0.4 is 12.4 Å². The maximum absolute atomic E-state index is 4.25. The Kier molecular flexibility index (Phi) is 342. The Balaban J connectivity index is -0.00000000500. The van der Waals surface area contributed by atoms with Gasteiger partial charge in [0.25, 0.3) is 0 Å². The summed E-state index contributed by atoms with van der Waals surface area (Å²) in [6.45, 7) is 7.00. The normalized spacial score (nSPS) is 1.00. The second kappa shape index (κ2) is 60.3. The van der Waals surface area contributed by atoms with E-state index in [2.05, 4.69) is 13.2 Å². The van der Waals surface area contributed by atoms with Crippen molar-refractivity contribution >= 4 is 0 Å². The van der Waals surface area contributed by atoms with E-state index >= 15 is 0 Å². The first-order chi connectivity index (χ1) is 1.00. The molecule has 0 bridgehead atoms. The van der Waals surface area contributed by atoms with E-state index in [9.17, 15) is 0 Å². The zero-order valence-electron chi connectivity index (χ0n) is 2.37. The van der Waals surface area contributed by atoms with Crippen molar-refractivity contribution in [3.63, 3.8) is 0 Å². The Morgan fingerprint density at radius 2 is 1.25 bits per heavy atom. The average molecular weight is 128 g/mol. The van der Waals surface area contributed by atoms with E-state index in [0.29, 0.717) is 0 Å². The van der Waals surface area contributed by atoms with Crippen molar-refractivity contribution in [2.24, 2.45) is 0 Å². The minimum absolute atomic E-state index is 0. The Morgan fingerprint density at radius 1 is 1.25 bits per heavy atom. The molecule has 0 N–H and O–H groups in total. The van der Waals surface area contributed by atoms with Crippen molar-refractivity contribution in [1.82, 2.24) is 0 Å². The molecule has 0 heterocycles. The van der Waals surface area contributed by atoms with Crippen LogP contribution >= 0.6 is 0 Å². The number of hydrogen-bond donors (Lipinski definition) is 0.